The molecule has 1 aromatic carbocycles. The van der Waals surface area contributed by atoms with Gasteiger partial charge in [-0.3, -0.25) is 9.52 Å². The Hall–Kier alpha value is -2.39. The molecule has 1 heterocycles. The topological polar surface area (TPSA) is 102 Å². The fourth-order valence-corrected chi connectivity index (χ4v) is 6.44. The first-order valence-corrected chi connectivity index (χ1v) is 12.4. The van der Waals surface area contributed by atoms with Gasteiger partial charge in [-0.05, 0) is 60.4 Å². The second kappa shape index (κ2) is 8.63. The first-order chi connectivity index (χ1) is 14.4. The summed E-state index contributed by atoms with van der Waals surface area (Å²) in [5.41, 5.74) is 1.83. The minimum atomic E-state index is -3.92. The molecule has 0 fully saturated rings. The molecule has 0 bridgehead atoms. The van der Waals surface area contributed by atoms with Gasteiger partial charge in [0.05, 0.1) is 17.6 Å². The Labute approximate surface area is 187 Å². The number of ether oxygens (including phenoxy) is 1. The third-order valence-electron chi connectivity index (χ3n) is 5.59. The van der Waals surface area contributed by atoms with Gasteiger partial charge in [0.25, 0.3) is 10.0 Å². The number of carbonyl (C=O) groups is 2. The Morgan fingerprint density at radius 3 is 2.35 bits per heavy atom. The molecular formula is C22H28N2O5S2. The van der Waals surface area contributed by atoms with Gasteiger partial charge in [0.15, 0.2) is 0 Å². The lowest BCUT2D eigenvalue weighted by Crippen LogP contribution is -2.26. The van der Waals surface area contributed by atoms with E-state index in [1.165, 1.54) is 49.6 Å². The summed E-state index contributed by atoms with van der Waals surface area (Å²) in [4.78, 5) is 24.8. The molecule has 2 aromatic rings. The fraction of sp³-hybridized carbons (Fsp3) is 0.455. The maximum absolute atomic E-state index is 13.0. The Bertz CT molecular complexity index is 1100. The molecule has 0 aliphatic heterocycles. The van der Waals surface area contributed by atoms with E-state index in [-0.39, 0.29) is 21.2 Å². The maximum atomic E-state index is 13.0. The van der Waals surface area contributed by atoms with E-state index in [9.17, 15) is 18.0 Å². The smallest absolute Gasteiger partial charge is 0.341 e. The number of benzene rings is 1. The molecule has 1 amide bonds. The zero-order valence-corrected chi connectivity index (χ0v) is 20.0. The highest BCUT2D eigenvalue weighted by Gasteiger charge is 2.35. The van der Waals surface area contributed by atoms with Crippen LogP contribution in [0.3, 0.4) is 0 Å². The number of amides is 1. The lowest BCUT2D eigenvalue weighted by atomic mass is 9.72. The van der Waals surface area contributed by atoms with E-state index >= 15 is 0 Å². The molecule has 1 aromatic heterocycles. The van der Waals surface area contributed by atoms with Gasteiger partial charge in [0.2, 0.25) is 5.91 Å². The van der Waals surface area contributed by atoms with Crippen LogP contribution in [0.25, 0.3) is 0 Å². The SMILES string of the molecule is COC(=O)c1c(NS(=O)(=O)c2ccc(NC(C)=O)cc2)sc2c1CC[C@H](C(C)(C)C)C2. The van der Waals surface area contributed by atoms with Crippen molar-refractivity contribution in [3.63, 3.8) is 0 Å². The number of nitrogens with one attached hydrogen (secondary N) is 2. The second-order valence-corrected chi connectivity index (χ2v) is 11.6. The van der Waals surface area contributed by atoms with Gasteiger partial charge in [0.1, 0.15) is 5.00 Å². The van der Waals surface area contributed by atoms with E-state index in [4.69, 9.17) is 4.74 Å². The van der Waals surface area contributed by atoms with E-state index < -0.39 is 16.0 Å². The summed E-state index contributed by atoms with van der Waals surface area (Å²) >= 11 is 1.31. The molecule has 1 atom stereocenters. The summed E-state index contributed by atoms with van der Waals surface area (Å²) in [5.74, 6) is -0.325. The van der Waals surface area contributed by atoms with Crippen molar-refractivity contribution in [1.82, 2.24) is 0 Å². The summed E-state index contributed by atoms with van der Waals surface area (Å²) < 4.78 is 33.5. The van der Waals surface area contributed by atoms with Crippen LogP contribution in [0.1, 0.15) is 54.9 Å². The van der Waals surface area contributed by atoms with Gasteiger partial charge < -0.3 is 10.1 Å². The number of rotatable bonds is 5. The van der Waals surface area contributed by atoms with Crippen LogP contribution in [-0.2, 0) is 32.4 Å². The molecule has 0 saturated heterocycles. The number of carbonyl (C=O) groups excluding carboxylic acids is 2. The van der Waals surface area contributed by atoms with Crippen molar-refractivity contribution in [2.75, 3.05) is 17.1 Å². The molecule has 168 valence electrons. The first-order valence-electron chi connectivity index (χ1n) is 10.1. The number of methoxy groups -OCH3 is 1. The molecule has 7 nitrogen and oxygen atoms in total. The number of esters is 1. The van der Waals surface area contributed by atoms with Crippen LogP contribution in [0.2, 0.25) is 0 Å². The standard InChI is InChI=1S/C22H28N2O5S2/c1-13(25)23-15-7-9-16(10-8-15)31(27,28)24-20-19(21(26)29-5)17-11-6-14(22(2,3)4)12-18(17)30-20/h7-10,14,24H,6,11-12H2,1-5H3,(H,23,25)/t14-/m0/s1. The minimum Gasteiger partial charge on any atom is -0.465 e. The van der Waals surface area contributed by atoms with E-state index in [0.717, 1.165) is 23.3 Å². The first kappa shape index (κ1) is 23.3. The van der Waals surface area contributed by atoms with Gasteiger partial charge in [-0.25, -0.2) is 13.2 Å². The van der Waals surface area contributed by atoms with Crippen LogP contribution in [0.4, 0.5) is 10.7 Å². The van der Waals surface area contributed by atoms with Gasteiger partial charge >= 0.3 is 5.97 Å². The molecule has 31 heavy (non-hydrogen) atoms. The third kappa shape index (κ3) is 5.10. The zero-order valence-electron chi connectivity index (χ0n) is 18.4. The number of hydrogen-bond acceptors (Lipinski definition) is 6. The van der Waals surface area contributed by atoms with E-state index in [1.54, 1.807) is 0 Å². The van der Waals surface area contributed by atoms with Crippen molar-refractivity contribution >= 4 is 43.9 Å². The molecule has 0 spiro atoms. The average molecular weight is 465 g/mol. The predicted octanol–water partition coefficient (Wildman–Crippen LogP) is 4.44. The van der Waals surface area contributed by atoms with Crippen LogP contribution in [-0.4, -0.2) is 27.4 Å². The summed E-state index contributed by atoms with van der Waals surface area (Å²) in [7, 11) is -2.63. The quantitative estimate of drug-likeness (QED) is 0.637. The number of sulfonamides is 1. The van der Waals surface area contributed by atoms with Crippen LogP contribution in [0, 0.1) is 11.3 Å². The number of anilines is 2. The Kier molecular flexibility index (Phi) is 6.48. The maximum Gasteiger partial charge on any atom is 0.341 e. The molecule has 0 unspecified atom stereocenters. The van der Waals surface area contributed by atoms with Crippen molar-refractivity contribution in [3.05, 3.63) is 40.3 Å². The monoisotopic (exact) mass is 464 g/mol. The molecule has 1 aliphatic rings. The van der Waals surface area contributed by atoms with Crippen LogP contribution in [0.5, 0.6) is 0 Å². The lowest BCUT2D eigenvalue weighted by Gasteiger charge is -2.33. The normalized spacial score (nSPS) is 16.4. The fourth-order valence-electron chi connectivity index (χ4n) is 3.82. The zero-order chi connectivity index (χ0) is 23.0. The van der Waals surface area contributed by atoms with E-state index in [0.29, 0.717) is 23.6 Å². The lowest BCUT2D eigenvalue weighted by molar-refractivity contribution is -0.114. The summed E-state index contributed by atoms with van der Waals surface area (Å²) in [5, 5.41) is 2.89. The Morgan fingerprint density at radius 2 is 1.81 bits per heavy atom. The van der Waals surface area contributed by atoms with Crippen molar-refractivity contribution in [2.24, 2.45) is 11.3 Å². The highest BCUT2D eigenvalue weighted by atomic mass is 32.2. The molecule has 0 radical (unpaired) electrons. The Morgan fingerprint density at radius 1 is 1.16 bits per heavy atom. The van der Waals surface area contributed by atoms with Crippen LogP contribution in [0.15, 0.2) is 29.2 Å². The Balaban J connectivity index is 1.94. The molecule has 0 saturated carbocycles. The average Bonchev–Trinajstić information content (AvgIpc) is 3.02. The molecule has 1 aliphatic carbocycles. The van der Waals surface area contributed by atoms with Gasteiger partial charge in [-0.15, -0.1) is 11.3 Å². The highest BCUT2D eigenvalue weighted by molar-refractivity contribution is 7.93. The largest absolute Gasteiger partial charge is 0.465 e. The van der Waals surface area contributed by atoms with Gasteiger partial charge in [0, 0.05) is 17.5 Å². The number of fused-ring (bicyclic) bond motifs is 1. The van der Waals surface area contributed by atoms with Crippen molar-refractivity contribution in [1.29, 1.82) is 0 Å². The number of thiophene rings is 1. The molecule has 2 N–H and O–H groups in total. The van der Waals surface area contributed by atoms with E-state index in [1.807, 2.05) is 0 Å². The van der Waals surface area contributed by atoms with Crippen molar-refractivity contribution in [3.8, 4) is 0 Å². The van der Waals surface area contributed by atoms with Crippen LogP contribution >= 0.6 is 11.3 Å². The minimum absolute atomic E-state index is 0.0383. The third-order valence-corrected chi connectivity index (χ3v) is 8.26. The van der Waals surface area contributed by atoms with Gasteiger partial charge in [-0.1, -0.05) is 20.8 Å². The highest BCUT2D eigenvalue weighted by Crippen LogP contribution is 2.45. The summed E-state index contributed by atoms with van der Waals surface area (Å²) in [6.07, 6.45) is 2.46. The van der Waals surface area contributed by atoms with Crippen molar-refractivity contribution < 1.29 is 22.7 Å². The van der Waals surface area contributed by atoms with Crippen molar-refractivity contribution in [2.45, 2.75) is 51.9 Å². The predicted molar refractivity (Wildman–Crippen MR) is 122 cm³/mol. The van der Waals surface area contributed by atoms with Gasteiger partial charge in [-0.2, -0.15) is 0 Å². The second-order valence-electron chi connectivity index (χ2n) is 8.82. The molecule has 3 rings (SSSR count). The summed E-state index contributed by atoms with van der Waals surface area (Å²) in [6.45, 7) is 7.98. The van der Waals surface area contributed by atoms with Crippen LogP contribution < -0.4 is 10.0 Å². The molecular weight excluding hydrogens is 436 g/mol. The summed E-state index contributed by atoms with van der Waals surface area (Å²) in [6, 6.07) is 5.86. The molecule has 9 heteroatoms. The number of hydrogen-bond donors (Lipinski definition) is 2. The van der Waals surface area contributed by atoms with E-state index in [2.05, 4.69) is 30.8 Å².